The fourth-order valence-corrected chi connectivity index (χ4v) is 5.23. The van der Waals surface area contributed by atoms with Crippen LogP contribution in [0.5, 0.6) is 6.01 Å². The van der Waals surface area contributed by atoms with Crippen LogP contribution >= 0.6 is 0 Å². The summed E-state index contributed by atoms with van der Waals surface area (Å²) in [6.07, 6.45) is -1.22. The Morgan fingerprint density at radius 1 is 0.600 bits per heavy atom. The van der Waals surface area contributed by atoms with Crippen LogP contribution in [0, 0.1) is 5.95 Å². The van der Waals surface area contributed by atoms with E-state index in [0.717, 1.165) is 22.3 Å². The summed E-state index contributed by atoms with van der Waals surface area (Å²) in [6.45, 7) is 1.45. The van der Waals surface area contributed by atoms with Gasteiger partial charge in [0.05, 0.1) is 32.0 Å². The van der Waals surface area contributed by atoms with Gasteiger partial charge in [0.2, 0.25) is 5.95 Å². The van der Waals surface area contributed by atoms with Gasteiger partial charge in [-0.05, 0) is 22.3 Å². The molecule has 0 saturated carbocycles. The molecule has 6 rings (SSSR count). The van der Waals surface area contributed by atoms with E-state index in [1.165, 1.54) is 6.20 Å². The molecule has 0 radical (unpaired) electrons. The first-order valence-corrected chi connectivity index (χ1v) is 15.0. The fraction of sp³-hybridized carbons (Fsp3) is 0.243. The van der Waals surface area contributed by atoms with Gasteiger partial charge in [0.1, 0.15) is 31.0 Å². The summed E-state index contributed by atoms with van der Waals surface area (Å²) in [5, 5.41) is 0. The first-order chi connectivity index (χ1) is 22.2. The minimum absolute atomic E-state index is 0.0560. The molecule has 8 heteroatoms. The molecule has 1 fully saturated rings. The number of aromatic nitrogens is 2. The van der Waals surface area contributed by atoms with Crippen molar-refractivity contribution in [2.24, 2.45) is 0 Å². The molecule has 4 unspecified atom stereocenters. The van der Waals surface area contributed by atoms with Crippen molar-refractivity contribution in [1.29, 1.82) is 0 Å². The molecule has 0 spiro atoms. The van der Waals surface area contributed by atoms with Crippen molar-refractivity contribution in [1.82, 2.24) is 9.97 Å². The molecule has 4 atom stereocenters. The molecule has 0 N–H and O–H groups in total. The van der Waals surface area contributed by atoms with Gasteiger partial charge in [-0.3, -0.25) is 0 Å². The van der Waals surface area contributed by atoms with Gasteiger partial charge in [-0.1, -0.05) is 121 Å². The molecule has 7 nitrogen and oxygen atoms in total. The molecule has 2 heterocycles. The highest BCUT2D eigenvalue weighted by atomic mass is 19.1. The minimum Gasteiger partial charge on any atom is -0.459 e. The third-order valence-corrected chi connectivity index (χ3v) is 7.54. The van der Waals surface area contributed by atoms with Gasteiger partial charge in [-0.15, -0.1) is 0 Å². The standard InChI is InChI=1S/C37H35FN2O5/c38-36-31(21-39-37(40-36)44-25-30-19-11-4-12-20-30)33-35(43-24-29-17-9-3-10-18-29)34(42-23-28-15-7-2-8-16-28)32(45-33)26-41-22-27-13-5-1-6-14-27/h1-21,32-35H,22-26H2. The highest BCUT2D eigenvalue weighted by Crippen LogP contribution is 2.39. The van der Waals surface area contributed by atoms with Crippen LogP contribution in [0.25, 0.3) is 0 Å². The van der Waals surface area contributed by atoms with Crippen molar-refractivity contribution in [3.8, 4) is 6.01 Å². The van der Waals surface area contributed by atoms with E-state index in [0.29, 0.717) is 13.2 Å². The Morgan fingerprint density at radius 3 is 1.62 bits per heavy atom. The van der Waals surface area contributed by atoms with Gasteiger partial charge >= 0.3 is 6.01 Å². The van der Waals surface area contributed by atoms with E-state index in [4.69, 9.17) is 23.7 Å². The molecule has 4 aromatic carbocycles. The predicted molar refractivity (Wildman–Crippen MR) is 167 cm³/mol. The SMILES string of the molecule is Fc1nc(OCc2ccccc2)ncc1C1OC(COCc2ccccc2)C(OCc2ccccc2)C1OCc1ccccc1. The van der Waals surface area contributed by atoms with E-state index in [9.17, 15) is 0 Å². The van der Waals surface area contributed by atoms with Gasteiger partial charge in [0.15, 0.2) is 0 Å². The Kier molecular flexibility index (Phi) is 10.5. The zero-order chi connectivity index (χ0) is 30.7. The highest BCUT2D eigenvalue weighted by molar-refractivity contribution is 5.21. The zero-order valence-corrected chi connectivity index (χ0v) is 24.8. The van der Waals surface area contributed by atoms with Crippen LogP contribution < -0.4 is 4.74 Å². The lowest BCUT2D eigenvalue weighted by molar-refractivity contribution is -0.0898. The van der Waals surface area contributed by atoms with Crippen LogP contribution in [0.4, 0.5) is 4.39 Å². The van der Waals surface area contributed by atoms with E-state index in [1.54, 1.807) is 0 Å². The highest BCUT2D eigenvalue weighted by Gasteiger charge is 2.48. The molecule has 1 aliphatic rings. The maximum Gasteiger partial charge on any atom is 0.319 e. The number of hydrogen-bond donors (Lipinski definition) is 0. The average molecular weight is 607 g/mol. The summed E-state index contributed by atoms with van der Waals surface area (Å²) in [5.74, 6) is -0.737. The summed E-state index contributed by atoms with van der Waals surface area (Å²) < 4.78 is 46.9. The molecule has 230 valence electrons. The summed E-state index contributed by atoms with van der Waals surface area (Å²) in [5.41, 5.74) is 4.11. The van der Waals surface area contributed by atoms with Gasteiger partial charge in [0.25, 0.3) is 0 Å². The van der Waals surface area contributed by atoms with Crippen LogP contribution in [-0.2, 0) is 45.4 Å². The number of rotatable bonds is 14. The Morgan fingerprint density at radius 2 is 1.09 bits per heavy atom. The second kappa shape index (κ2) is 15.5. The Bertz CT molecular complexity index is 1600. The molecule has 0 amide bonds. The zero-order valence-electron chi connectivity index (χ0n) is 24.8. The number of benzene rings is 4. The largest absolute Gasteiger partial charge is 0.459 e. The molecular formula is C37H35FN2O5. The van der Waals surface area contributed by atoms with E-state index in [1.807, 2.05) is 121 Å². The first-order valence-electron chi connectivity index (χ1n) is 15.0. The average Bonchev–Trinajstić information content (AvgIpc) is 3.43. The second-order valence-corrected chi connectivity index (χ2v) is 10.8. The van der Waals surface area contributed by atoms with Crippen molar-refractivity contribution < 1.29 is 28.1 Å². The van der Waals surface area contributed by atoms with Gasteiger partial charge < -0.3 is 23.7 Å². The van der Waals surface area contributed by atoms with Crippen molar-refractivity contribution in [2.75, 3.05) is 6.61 Å². The number of ether oxygens (including phenoxy) is 5. The van der Waals surface area contributed by atoms with E-state index < -0.39 is 30.4 Å². The van der Waals surface area contributed by atoms with Crippen molar-refractivity contribution in [2.45, 2.75) is 50.8 Å². The summed E-state index contributed by atoms with van der Waals surface area (Å²) in [4.78, 5) is 8.34. The van der Waals surface area contributed by atoms with Crippen LogP contribution in [0.2, 0.25) is 0 Å². The van der Waals surface area contributed by atoms with Crippen LogP contribution in [0.3, 0.4) is 0 Å². The van der Waals surface area contributed by atoms with E-state index in [2.05, 4.69) is 9.97 Å². The molecule has 1 aliphatic heterocycles. The summed E-state index contributed by atoms with van der Waals surface area (Å²) in [6, 6.07) is 39.1. The van der Waals surface area contributed by atoms with Gasteiger partial charge in [0, 0.05) is 6.20 Å². The van der Waals surface area contributed by atoms with Crippen molar-refractivity contribution >= 4 is 0 Å². The fourth-order valence-electron chi connectivity index (χ4n) is 5.23. The van der Waals surface area contributed by atoms with Gasteiger partial charge in [-0.25, -0.2) is 4.98 Å². The van der Waals surface area contributed by atoms with Crippen LogP contribution in [0.15, 0.2) is 128 Å². The topological polar surface area (TPSA) is 71.9 Å². The molecule has 0 aliphatic carbocycles. The third kappa shape index (κ3) is 8.38. The maximum atomic E-state index is 15.7. The Balaban J connectivity index is 1.24. The molecule has 5 aromatic rings. The van der Waals surface area contributed by atoms with Crippen LogP contribution in [-0.4, -0.2) is 34.9 Å². The number of hydrogen-bond acceptors (Lipinski definition) is 7. The summed E-state index contributed by atoms with van der Waals surface area (Å²) in [7, 11) is 0. The first kappa shape index (κ1) is 30.6. The normalized spacial score (nSPS) is 19.4. The third-order valence-electron chi connectivity index (χ3n) is 7.54. The lowest BCUT2D eigenvalue weighted by atomic mass is 10.0. The smallest absolute Gasteiger partial charge is 0.319 e. The minimum atomic E-state index is -0.844. The van der Waals surface area contributed by atoms with Gasteiger partial charge in [-0.2, -0.15) is 9.37 Å². The molecular weight excluding hydrogens is 571 g/mol. The summed E-state index contributed by atoms with van der Waals surface area (Å²) >= 11 is 0. The predicted octanol–water partition coefficient (Wildman–Crippen LogP) is 7.02. The van der Waals surface area contributed by atoms with Crippen molar-refractivity contribution in [3.63, 3.8) is 0 Å². The quantitative estimate of drug-likeness (QED) is 0.126. The molecule has 1 saturated heterocycles. The lowest BCUT2D eigenvalue weighted by Gasteiger charge is -2.25. The maximum absolute atomic E-state index is 15.7. The van der Waals surface area contributed by atoms with E-state index >= 15 is 4.39 Å². The van der Waals surface area contributed by atoms with Crippen molar-refractivity contribution in [3.05, 3.63) is 161 Å². The lowest BCUT2D eigenvalue weighted by Crippen LogP contribution is -2.38. The number of nitrogens with zero attached hydrogens (tertiary/aromatic N) is 2. The Labute approximate surface area is 262 Å². The molecule has 0 bridgehead atoms. The second-order valence-electron chi connectivity index (χ2n) is 10.8. The number of halogens is 1. The Hall–Kier alpha value is -4.47. The monoisotopic (exact) mass is 606 g/mol. The molecule has 45 heavy (non-hydrogen) atoms. The van der Waals surface area contributed by atoms with E-state index in [-0.39, 0.29) is 31.4 Å². The molecule has 1 aromatic heterocycles. The van der Waals surface area contributed by atoms with Crippen LogP contribution in [0.1, 0.15) is 33.9 Å².